The van der Waals surface area contributed by atoms with Crippen molar-refractivity contribution in [2.45, 2.75) is 32.7 Å². The number of halogens is 1. The SMILES string of the molecule is CCCC1N=CC(C(C)CO)=C1Cl. The Labute approximate surface area is 84.3 Å². The number of nitrogens with zero attached hydrogens (tertiary/aromatic N) is 1. The Morgan fingerprint density at radius 1 is 1.69 bits per heavy atom. The lowest BCUT2D eigenvalue weighted by Crippen LogP contribution is -2.07. The second-order valence-corrected chi connectivity index (χ2v) is 3.88. The maximum absolute atomic E-state index is 8.97. The monoisotopic (exact) mass is 201 g/mol. The summed E-state index contributed by atoms with van der Waals surface area (Å²) in [6, 6.07) is 0.149. The Morgan fingerprint density at radius 2 is 2.38 bits per heavy atom. The van der Waals surface area contributed by atoms with E-state index in [1.165, 1.54) is 0 Å². The van der Waals surface area contributed by atoms with Crippen LogP contribution in [0.1, 0.15) is 26.7 Å². The number of aliphatic imine (C=N–C) groups is 1. The van der Waals surface area contributed by atoms with Crippen molar-refractivity contribution in [3.05, 3.63) is 10.6 Å². The van der Waals surface area contributed by atoms with Crippen LogP contribution in [0.5, 0.6) is 0 Å². The molecular formula is C10H16ClNO. The molecule has 1 N–H and O–H groups in total. The van der Waals surface area contributed by atoms with Gasteiger partial charge in [-0.05, 0) is 12.0 Å². The molecule has 74 valence electrons. The maximum atomic E-state index is 8.97. The van der Waals surface area contributed by atoms with E-state index in [1.807, 2.05) is 13.1 Å². The van der Waals surface area contributed by atoms with Crippen LogP contribution < -0.4 is 0 Å². The van der Waals surface area contributed by atoms with Gasteiger partial charge in [0, 0.05) is 23.8 Å². The molecule has 0 radical (unpaired) electrons. The molecule has 1 aliphatic rings. The van der Waals surface area contributed by atoms with E-state index in [4.69, 9.17) is 16.7 Å². The third kappa shape index (κ3) is 2.32. The van der Waals surface area contributed by atoms with Gasteiger partial charge in [0.25, 0.3) is 0 Å². The van der Waals surface area contributed by atoms with E-state index >= 15 is 0 Å². The van der Waals surface area contributed by atoms with Gasteiger partial charge in [-0.25, -0.2) is 0 Å². The van der Waals surface area contributed by atoms with E-state index in [-0.39, 0.29) is 18.6 Å². The average molecular weight is 202 g/mol. The Bertz CT molecular complexity index is 235. The molecule has 0 amide bonds. The predicted octanol–water partition coefficient (Wildman–Crippen LogP) is 2.36. The minimum Gasteiger partial charge on any atom is -0.396 e. The first-order valence-electron chi connectivity index (χ1n) is 4.74. The molecule has 0 aromatic heterocycles. The van der Waals surface area contributed by atoms with Crippen molar-refractivity contribution in [3.8, 4) is 0 Å². The van der Waals surface area contributed by atoms with E-state index in [0.29, 0.717) is 0 Å². The Balaban J connectivity index is 2.70. The molecule has 0 spiro atoms. The molecule has 1 heterocycles. The first-order chi connectivity index (χ1) is 6.20. The fraction of sp³-hybridized carbons (Fsp3) is 0.700. The summed E-state index contributed by atoms with van der Waals surface area (Å²) < 4.78 is 0. The van der Waals surface area contributed by atoms with Gasteiger partial charge in [-0.1, -0.05) is 31.9 Å². The predicted molar refractivity (Wildman–Crippen MR) is 56.3 cm³/mol. The van der Waals surface area contributed by atoms with Gasteiger partial charge in [-0.3, -0.25) is 4.99 Å². The van der Waals surface area contributed by atoms with Crippen molar-refractivity contribution in [2.24, 2.45) is 10.9 Å². The highest BCUT2D eigenvalue weighted by Crippen LogP contribution is 2.28. The number of hydrogen-bond acceptors (Lipinski definition) is 2. The van der Waals surface area contributed by atoms with Crippen LogP contribution in [0.25, 0.3) is 0 Å². The van der Waals surface area contributed by atoms with Gasteiger partial charge in [0.15, 0.2) is 0 Å². The van der Waals surface area contributed by atoms with Gasteiger partial charge in [-0.15, -0.1) is 0 Å². The zero-order valence-electron chi connectivity index (χ0n) is 8.13. The van der Waals surface area contributed by atoms with Gasteiger partial charge in [-0.2, -0.15) is 0 Å². The summed E-state index contributed by atoms with van der Waals surface area (Å²) in [7, 11) is 0. The van der Waals surface area contributed by atoms with Crippen molar-refractivity contribution in [1.82, 2.24) is 0 Å². The highest BCUT2D eigenvalue weighted by atomic mass is 35.5. The molecule has 2 nitrogen and oxygen atoms in total. The fourth-order valence-corrected chi connectivity index (χ4v) is 1.83. The van der Waals surface area contributed by atoms with Crippen molar-refractivity contribution in [3.63, 3.8) is 0 Å². The summed E-state index contributed by atoms with van der Waals surface area (Å²) in [4.78, 5) is 4.31. The molecule has 2 unspecified atom stereocenters. The van der Waals surface area contributed by atoms with Crippen LogP contribution in [0.3, 0.4) is 0 Å². The quantitative estimate of drug-likeness (QED) is 0.744. The van der Waals surface area contributed by atoms with Gasteiger partial charge >= 0.3 is 0 Å². The molecular weight excluding hydrogens is 186 g/mol. The molecule has 0 fully saturated rings. The van der Waals surface area contributed by atoms with Crippen LogP contribution in [0.2, 0.25) is 0 Å². The zero-order valence-corrected chi connectivity index (χ0v) is 8.88. The summed E-state index contributed by atoms with van der Waals surface area (Å²) in [6.45, 7) is 4.21. The normalized spacial score (nSPS) is 24.2. The lowest BCUT2D eigenvalue weighted by atomic mass is 10.0. The molecule has 0 aromatic carbocycles. The number of rotatable bonds is 4. The molecule has 3 heteroatoms. The molecule has 1 rings (SSSR count). The Hall–Kier alpha value is -0.340. The van der Waals surface area contributed by atoms with Gasteiger partial charge < -0.3 is 5.11 Å². The van der Waals surface area contributed by atoms with Crippen LogP contribution in [0.15, 0.2) is 15.6 Å². The summed E-state index contributed by atoms with van der Waals surface area (Å²) in [5.41, 5.74) is 1.00. The molecule has 0 bridgehead atoms. The first kappa shape index (κ1) is 10.7. The minimum absolute atomic E-state index is 0.109. The minimum atomic E-state index is 0.109. The second-order valence-electron chi connectivity index (χ2n) is 3.47. The van der Waals surface area contributed by atoms with Crippen LogP contribution in [0, 0.1) is 5.92 Å². The molecule has 2 atom stereocenters. The van der Waals surface area contributed by atoms with E-state index in [1.54, 1.807) is 0 Å². The van der Waals surface area contributed by atoms with E-state index in [2.05, 4.69) is 11.9 Å². The summed E-state index contributed by atoms with van der Waals surface area (Å²) in [5.74, 6) is 0.109. The highest BCUT2D eigenvalue weighted by Gasteiger charge is 2.22. The molecule has 1 aliphatic heterocycles. The molecule has 0 saturated carbocycles. The highest BCUT2D eigenvalue weighted by molar-refractivity contribution is 6.32. The number of aliphatic hydroxyl groups excluding tert-OH is 1. The molecule has 13 heavy (non-hydrogen) atoms. The molecule has 0 aliphatic carbocycles. The smallest absolute Gasteiger partial charge is 0.0858 e. The van der Waals surface area contributed by atoms with E-state index in [0.717, 1.165) is 23.4 Å². The Kier molecular flexibility index (Phi) is 3.94. The Morgan fingerprint density at radius 3 is 2.92 bits per heavy atom. The zero-order chi connectivity index (χ0) is 9.84. The van der Waals surface area contributed by atoms with Crippen molar-refractivity contribution >= 4 is 17.8 Å². The van der Waals surface area contributed by atoms with Crippen LogP contribution in [-0.2, 0) is 0 Å². The summed E-state index contributed by atoms with van der Waals surface area (Å²) in [5, 5.41) is 9.80. The molecule has 0 aromatic rings. The second kappa shape index (κ2) is 4.77. The van der Waals surface area contributed by atoms with Gasteiger partial charge in [0.05, 0.1) is 6.04 Å². The third-order valence-corrected chi connectivity index (χ3v) is 2.80. The van der Waals surface area contributed by atoms with Crippen LogP contribution in [-0.4, -0.2) is 24.0 Å². The largest absolute Gasteiger partial charge is 0.396 e. The lowest BCUT2D eigenvalue weighted by molar-refractivity contribution is 0.259. The summed E-state index contributed by atoms with van der Waals surface area (Å²) in [6.07, 6.45) is 3.89. The first-order valence-corrected chi connectivity index (χ1v) is 5.12. The van der Waals surface area contributed by atoms with Gasteiger partial charge in [0.2, 0.25) is 0 Å². The van der Waals surface area contributed by atoms with E-state index in [9.17, 15) is 0 Å². The topological polar surface area (TPSA) is 32.6 Å². The van der Waals surface area contributed by atoms with Crippen molar-refractivity contribution in [1.29, 1.82) is 0 Å². The maximum Gasteiger partial charge on any atom is 0.0858 e. The van der Waals surface area contributed by atoms with Gasteiger partial charge in [0.1, 0.15) is 0 Å². The van der Waals surface area contributed by atoms with Crippen molar-refractivity contribution < 1.29 is 5.11 Å². The van der Waals surface area contributed by atoms with E-state index < -0.39 is 0 Å². The standard InChI is InChI=1S/C10H16ClNO/c1-3-4-9-10(11)8(5-12-9)7(2)6-13/h5,7,9,13H,3-4,6H2,1-2H3. The number of hydrogen-bond donors (Lipinski definition) is 1. The average Bonchev–Trinajstić information content (AvgIpc) is 2.48. The van der Waals surface area contributed by atoms with Crippen LogP contribution in [0.4, 0.5) is 0 Å². The summed E-state index contributed by atoms with van der Waals surface area (Å²) >= 11 is 6.14. The van der Waals surface area contributed by atoms with Crippen LogP contribution >= 0.6 is 11.6 Å². The fourth-order valence-electron chi connectivity index (χ4n) is 1.43. The van der Waals surface area contributed by atoms with Crippen molar-refractivity contribution in [2.75, 3.05) is 6.61 Å². The molecule has 0 saturated heterocycles. The third-order valence-electron chi connectivity index (χ3n) is 2.33. The lowest BCUT2D eigenvalue weighted by Gasteiger charge is -2.09. The number of aliphatic hydroxyl groups is 1.